The molecule has 1 N–H and O–H groups in total. The minimum absolute atomic E-state index is 0.0332. The van der Waals surface area contributed by atoms with Crippen molar-refractivity contribution >= 4 is 17.7 Å². The van der Waals surface area contributed by atoms with Gasteiger partial charge < -0.3 is 5.11 Å². The second kappa shape index (κ2) is 8.34. The first kappa shape index (κ1) is 14.3. The van der Waals surface area contributed by atoms with E-state index in [-0.39, 0.29) is 12.2 Å². The number of thioether (sulfide) groups is 1. The second-order valence-electron chi connectivity index (χ2n) is 4.13. The van der Waals surface area contributed by atoms with E-state index in [0.717, 1.165) is 42.8 Å². The average Bonchev–Trinajstić information content (AvgIpc) is 2.30. The molecular weight excluding hydrogens is 239 g/mol. The zero-order chi connectivity index (χ0) is 12.5. The Labute approximate surface area is 106 Å². The number of carbonyl (C=O) groups is 1. The predicted octanol–water partition coefficient (Wildman–Crippen LogP) is 3.94. The summed E-state index contributed by atoms with van der Waals surface area (Å²) in [5.74, 6) is 1.02. The van der Waals surface area contributed by atoms with Crippen LogP contribution in [0.2, 0.25) is 0 Å². The first-order chi connectivity index (χ1) is 8.20. The number of hydrogen-bond acceptors (Lipinski definition) is 2. The summed E-state index contributed by atoms with van der Waals surface area (Å²) in [6.45, 7) is 0. The molecule has 0 amide bonds. The smallest absolute Gasteiger partial charge is 0.303 e. The summed E-state index contributed by atoms with van der Waals surface area (Å²) in [6.07, 6.45) is 8.22. The van der Waals surface area contributed by atoms with Gasteiger partial charge >= 0.3 is 5.97 Å². The average molecular weight is 258 g/mol. The van der Waals surface area contributed by atoms with Crippen molar-refractivity contribution in [2.24, 2.45) is 0 Å². The highest BCUT2D eigenvalue weighted by molar-refractivity contribution is 7.99. The van der Waals surface area contributed by atoms with Gasteiger partial charge in [-0.2, -0.15) is 11.8 Å². The Morgan fingerprint density at radius 2 is 2.24 bits per heavy atom. The SMILES string of the molecule is O=C(O)CCCCCSCC1=C(F)CCC=C1. The first-order valence-electron chi connectivity index (χ1n) is 6.03. The summed E-state index contributed by atoms with van der Waals surface area (Å²) in [4.78, 5) is 10.3. The molecule has 0 saturated heterocycles. The summed E-state index contributed by atoms with van der Waals surface area (Å²) in [6, 6.07) is 0. The van der Waals surface area contributed by atoms with Crippen molar-refractivity contribution in [1.82, 2.24) is 0 Å². The monoisotopic (exact) mass is 258 g/mol. The molecule has 0 saturated carbocycles. The van der Waals surface area contributed by atoms with Gasteiger partial charge in [0.25, 0.3) is 0 Å². The maximum atomic E-state index is 13.3. The fraction of sp³-hybridized carbons (Fsp3) is 0.615. The third-order valence-corrected chi connectivity index (χ3v) is 3.73. The molecule has 0 radical (unpaired) electrons. The third-order valence-electron chi connectivity index (χ3n) is 2.63. The Morgan fingerprint density at radius 1 is 1.41 bits per heavy atom. The molecule has 96 valence electrons. The molecule has 0 aliphatic heterocycles. The van der Waals surface area contributed by atoms with Crippen LogP contribution >= 0.6 is 11.8 Å². The van der Waals surface area contributed by atoms with Crippen LogP contribution in [0.4, 0.5) is 4.39 Å². The van der Waals surface area contributed by atoms with Crippen molar-refractivity contribution in [3.8, 4) is 0 Å². The van der Waals surface area contributed by atoms with E-state index in [9.17, 15) is 9.18 Å². The lowest BCUT2D eigenvalue weighted by Gasteiger charge is -2.09. The molecule has 4 heteroatoms. The van der Waals surface area contributed by atoms with E-state index in [0.29, 0.717) is 6.42 Å². The number of hydrogen-bond donors (Lipinski definition) is 1. The third kappa shape index (κ3) is 6.51. The molecule has 0 aromatic rings. The Kier molecular flexibility index (Phi) is 7.01. The van der Waals surface area contributed by atoms with E-state index in [4.69, 9.17) is 5.11 Å². The number of carboxylic acid groups (broad SMARTS) is 1. The van der Waals surface area contributed by atoms with Crippen LogP contribution in [0.3, 0.4) is 0 Å². The van der Waals surface area contributed by atoms with Crippen LogP contribution < -0.4 is 0 Å². The number of unbranched alkanes of at least 4 members (excludes halogenated alkanes) is 2. The van der Waals surface area contributed by atoms with Crippen molar-refractivity contribution < 1.29 is 14.3 Å². The zero-order valence-electron chi connectivity index (χ0n) is 9.95. The first-order valence-corrected chi connectivity index (χ1v) is 7.19. The molecule has 17 heavy (non-hydrogen) atoms. The number of aliphatic carboxylic acids is 1. The van der Waals surface area contributed by atoms with Gasteiger partial charge in [0, 0.05) is 18.6 Å². The Bertz CT molecular complexity index is 311. The van der Waals surface area contributed by atoms with Crippen LogP contribution in [0.5, 0.6) is 0 Å². The number of rotatable bonds is 8. The van der Waals surface area contributed by atoms with Crippen LogP contribution in [0.1, 0.15) is 38.5 Å². The van der Waals surface area contributed by atoms with Gasteiger partial charge in [-0.3, -0.25) is 4.79 Å². The molecule has 0 aromatic heterocycles. The molecular formula is C13H19FO2S. The van der Waals surface area contributed by atoms with Gasteiger partial charge in [0.15, 0.2) is 0 Å². The molecule has 0 fully saturated rings. The van der Waals surface area contributed by atoms with Gasteiger partial charge in [0.2, 0.25) is 0 Å². The van der Waals surface area contributed by atoms with E-state index in [1.807, 2.05) is 12.2 Å². The van der Waals surface area contributed by atoms with E-state index in [1.165, 1.54) is 0 Å². The van der Waals surface area contributed by atoms with E-state index in [2.05, 4.69) is 0 Å². The molecule has 0 heterocycles. The summed E-state index contributed by atoms with van der Waals surface area (Å²) < 4.78 is 13.3. The topological polar surface area (TPSA) is 37.3 Å². The standard InChI is InChI=1S/C13H19FO2S/c14-12-7-4-3-6-11(12)10-17-9-5-1-2-8-13(15)16/h3,6H,1-2,4-5,7-10H2,(H,15,16). The summed E-state index contributed by atoms with van der Waals surface area (Å²) >= 11 is 1.73. The van der Waals surface area contributed by atoms with Crippen LogP contribution in [0, 0.1) is 0 Å². The van der Waals surface area contributed by atoms with Gasteiger partial charge in [-0.15, -0.1) is 0 Å². The summed E-state index contributed by atoms with van der Waals surface area (Å²) in [5, 5.41) is 8.45. The molecule has 0 unspecified atom stereocenters. The van der Waals surface area contributed by atoms with Crippen LogP contribution in [-0.4, -0.2) is 22.6 Å². The van der Waals surface area contributed by atoms with Crippen LogP contribution in [-0.2, 0) is 4.79 Å². The van der Waals surface area contributed by atoms with E-state index >= 15 is 0 Å². The molecule has 0 aromatic carbocycles. The lowest BCUT2D eigenvalue weighted by Crippen LogP contribution is -1.96. The van der Waals surface area contributed by atoms with Crippen LogP contribution in [0.15, 0.2) is 23.6 Å². The van der Waals surface area contributed by atoms with E-state index < -0.39 is 5.97 Å². The lowest BCUT2D eigenvalue weighted by molar-refractivity contribution is -0.137. The Morgan fingerprint density at radius 3 is 2.94 bits per heavy atom. The fourth-order valence-corrected chi connectivity index (χ4v) is 2.68. The largest absolute Gasteiger partial charge is 0.481 e. The van der Waals surface area contributed by atoms with Gasteiger partial charge in [-0.1, -0.05) is 18.6 Å². The van der Waals surface area contributed by atoms with Crippen molar-refractivity contribution in [2.75, 3.05) is 11.5 Å². The molecule has 1 rings (SSSR count). The molecule has 1 aliphatic carbocycles. The molecule has 0 spiro atoms. The quantitative estimate of drug-likeness (QED) is 0.670. The molecule has 2 nitrogen and oxygen atoms in total. The molecule has 0 atom stereocenters. The van der Waals surface area contributed by atoms with Gasteiger partial charge in [0.05, 0.1) is 0 Å². The van der Waals surface area contributed by atoms with Crippen molar-refractivity contribution in [3.63, 3.8) is 0 Å². The van der Waals surface area contributed by atoms with Crippen molar-refractivity contribution in [3.05, 3.63) is 23.6 Å². The number of halogens is 1. The molecule has 1 aliphatic rings. The van der Waals surface area contributed by atoms with Gasteiger partial charge in [-0.05, 0) is 30.6 Å². The summed E-state index contributed by atoms with van der Waals surface area (Å²) in [7, 11) is 0. The maximum Gasteiger partial charge on any atom is 0.303 e. The Hall–Kier alpha value is -0.770. The van der Waals surface area contributed by atoms with Gasteiger partial charge in [0.1, 0.15) is 5.83 Å². The highest BCUT2D eigenvalue weighted by atomic mass is 32.2. The van der Waals surface area contributed by atoms with Crippen molar-refractivity contribution in [1.29, 1.82) is 0 Å². The summed E-state index contributed by atoms with van der Waals surface area (Å²) in [5.41, 5.74) is 0.826. The van der Waals surface area contributed by atoms with Gasteiger partial charge in [-0.25, -0.2) is 4.39 Å². The van der Waals surface area contributed by atoms with E-state index in [1.54, 1.807) is 11.8 Å². The minimum atomic E-state index is -0.725. The highest BCUT2D eigenvalue weighted by Crippen LogP contribution is 2.23. The molecule has 0 bridgehead atoms. The number of allylic oxidation sites excluding steroid dienone is 3. The highest BCUT2D eigenvalue weighted by Gasteiger charge is 2.07. The Balaban J connectivity index is 2.01. The maximum absolute atomic E-state index is 13.3. The zero-order valence-corrected chi connectivity index (χ0v) is 10.8. The predicted molar refractivity (Wildman–Crippen MR) is 69.9 cm³/mol. The number of carboxylic acids is 1. The normalized spacial score (nSPS) is 15.4. The second-order valence-corrected chi connectivity index (χ2v) is 5.23. The fourth-order valence-electron chi connectivity index (χ4n) is 1.65. The van der Waals surface area contributed by atoms with Crippen LogP contribution in [0.25, 0.3) is 0 Å². The van der Waals surface area contributed by atoms with Crippen molar-refractivity contribution in [2.45, 2.75) is 38.5 Å². The lowest BCUT2D eigenvalue weighted by atomic mass is 10.1. The minimum Gasteiger partial charge on any atom is -0.481 e.